The second kappa shape index (κ2) is 6.67. The van der Waals surface area contributed by atoms with Crippen LogP contribution in [0.4, 0.5) is 0 Å². The molecule has 0 aromatic heterocycles. The van der Waals surface area contributed by atoms with Crippen LogP contribution in [0.5, 0.6) is 5.75 Å². The minimum atomic E-state index is -0.965. The molecule has 1 aromatic rings. The van der Waals surface area contributed by atoms with Crippen molar-refractivity contribution in [2.75, 3.05) is 20.0 Å². The van der Waals surface area contributed by atoms with E-state index in [2.05, 4.69) is 0 Å². The van der Waals surface area contributed by atoms with Crippen LogP contribution in [0.3, 0.4) is 0 Å². The predicted molar refractivity (Wildman–Crippen MR) is 80.6 cm³/mol. The number of carbonyl (C=O) groups is 2. The van der Waals surface area contributed by atoms with E-state index in [1.54, 1.807) is 7.11 Å². The summed E-state index contributed by atoms with van der Waals surface area (Å²) in [7, 11) is 2.87. The van der Waals surface area contributed by atoms with E-state index in [1.807, 2.05) is 24.3 Å². The lowest BCUT2D eigenvalue weighted by Crippen LogP contribution is -2.22. The van der Waals surface area contributed by atoms with Gasteiger partial charge in [-0.2, -0.15) is 0 Å². The Hall–Kier alpha value is -1.95. The maximum Gasteiger partial charge on any atom is 0.323 e. The highest BCUT2D eigenvalue weighted by atomic mass is 32.2. The third-order valence-corrected chi connectivity index (χ3v) is 4.43. The van der Waals surface area contributed by atoms with Gasteiger partial charge in [0.1, 0.15) is 11.0 Å². The second-order valence-corrected chi connectivity index (χ2v) is 5.56. The van der Waals surface area contributed by atoms with E-state index in [4.69, 9.17) is 14.6 Å². The van der Waals surface area contributed by atoms with Crippen LogP contribution in [0.1, 0.15) is 11.1 Å². The van der Waals surface area contributed by atoms with E-state index < -0.39 is 17.2 Å². The summed E-state index contributed by atoms with van der Waals surface area (Å²) in [5.74, 6) is -0.901. The first kappa shape index (κ1) is 15.4. The van der Waals surface area contributed by atoms with Gasteiger partial charge in [-0.15, -0.1) is 11.8 Å². The largest absolute Gasteiger partial charge is 0.496 e. The summed E-state index contributed by atoms with van der Waals surface area (Å²) in [6.45, 7) is 0. The summed E-state index contributed by atoms with van der Waals surface area (Å²) in [4.78, 5) is 22.8. The number of carboxylic acids is 1. The Morgan fingerprint density at radius 1 is 1.38 bits per heavy atom. The third-order valence-electron chi connectivity index (χ3n) is 3.23. The van der Waals surface area contributed by atoms with Crippen LogP contribution in [0, 0.1) is 0 Å². The molecular weight excluding hydrogens is 292 g/mol. The number of hydrogen-bond acceptors (Lipinski definition) is 5. The molecule has 0 bridgehead atoms. The smallest absolute Gasteiger partial charge is 0.323 e. The Morgan fingerprint density at radius 2 is 2.14 bits per heavy atom. The zero-order valence-corrected chi connectivity index (χ0v) is 12.6. The Bertz CT molecular complexity index is 594. The number of ether oxygens (including phenoxy) is 2. The van der Waals surface area contributed by atoms with Gasteiger partial charge in [-0.3, -0.25) is 9.59 Å². The molecule has 0 radical (unpaired) electrons. The molecule has 0 saturated heterocycles. The van der Waals surface area contributed by atoms with E-state index in [9.17, 15) is 9.59 Å². The van der Waals surface area contributed by atoms with E-state index in [1.165, 1.54) is 7.11 Å². The molecule has 2 rings (SSSR count). The number of fused-ring (bicyclic) bond motifs is 1. The zero-order valence-electron chi connectivity index (χ0n) is 11.8. The SMILES string of the molecule is COC(=O)C(SCC(=O)O)C1=CCc2cccc(OC)c21. The molecule has 1 unspecified atom stereocenters. The summed E-state index contributed by atoms with van der Waals surface area (Å²) >= 11 is 1.04. The van der Waals surface area contributed by atoms with Crippen LogP contribution in [0.2, 0.25) is 0 Å². The van der Waals surface area contributed by atoms with Gasteiger partial charge in [0.2, 0.25) is 0 Å². The average Bonchev–Trinajstić information content (AvgIpc) is 2.91. The van der Waals surface area contributed by atoms with E-state index >= 15 is 0 Å². The van der Waals surface area contributed by atoms with Gasteiger partial charge >= 0.3 is 11.9 Å². The number of hydrogen-bond donors (Lipinski definition) is 1. The van der Waals surface area contributed by atoms with Gasteiger partial charge in [0.25, 0.3) is 0 Å². The fourth-order valence-electron chi connectivity index (χ4n) is 2.35. The van der Waals surface area contributed by atoms with E-state index in [0.29, 0.717) is 12.2 Å². The summed E-state index contributed by atoms with van der Waals surface area (Å²) in [6, 6.07) is 5.69. The van der Waals surface area contributed by atoms with Crippen LogP contribution in [0.15, 0.2) is 24.3 Å². The van der Waals surface area contributed by atoms with Gasteiger partial charge in [-0.05, 0) is 23.6 Å². The number of rotatable bonds is 6. The van der Waals surface area contributed by atoms with Crippen LogP contribution in [-0.4, -0.2) is 42.3 Å². The fourth-order valence-corrected chi connectivity index (χ4v) is 3.29. The van der Waals surface area contributed by atoms with Crippen molar-refractivity contribution < 1.29 is 24.2 Å². The Kier molecular flexibility index (Phi) is 4.90. The van der Waals surface area contributed by atoms with Gasteiger partial charge in [0.15, 0.2) is 0 Å². The molecular formula is C15H16O5S. The summed E-state index contributed by atoms with van der Waals surface area (Å²) in [5.41, 5.74) is 2.70. The van der Waals surface area contributed by atoms with Crippen LogP contribution >= 0.6 is 11.8 Å². The number of carbonyl (C=O) groups excluding carboxylic acids is 1. The number of esters is 1. The second-order valence-electron chi connectivity index (χ2n) is 4.47. The first-order valence-electron chi connectivity index (χ1n) is 6.36. The molecule has 6 heteroatoms. The Balaban J connectivity index is 2.36. The fraction of sp³-hybridized carbons (Fsp3) is 0.333. The molecule has 5 nitrogen and oxygen atoms in total. The Morgan fingerprint density at radius 3 is 2.76 bits per heavy atom. The highest BCUT2D eigenvalue weighted by Gasteiger charge is 2.31. The Labute approximate surface area is 126 Å². The number of allylic oxidation sites excluding steroid dienone is 1. The van der Waals surface area contributed by atoms with Crippen molar-refractivity contribution in [2.45, 2.75) is 11.7 Å². The first-order chi connectivity index (χ1) is 10.1. The van der Waals surface area contributed by atoms with Crippen LogP contribution in [0.25, 0.3) is 5.57 Å². The summed E-state index contributed by atoms with van der Waals surface area (Å²) in [5, 5.41) is 8.18. The monoisotopic (exact) mass is 308 g/mol. The van der Waals surface area contributed by atoms with Gasteiger partial charge in [0.05, 0.1) is 20.0 Å². The van der Waals surface area contributed by atoms with Crippen molar-refractivity contribution in [1.29, 1.82) is 0 Å². The van der Waals surface area contributed by atoms with Crippen molar-refractivity contribution in [3.05, 3.63) is 35.4 Å². The van der Waals surface area contributed by atoms with Crippen molar-refractivity contribution in [2.24, 2.45) is 0 Å². The van der Waals surface area contributed by atoms with Gasteiger partial charge in [-0.25, -0.2) is 0 Å². The molecule has 0 amide bonds. The molecule has 1 atom stereocenters. The third kappa shape index (κ3) is 3.21. The van der Waals surface area contributed by atoms with Crippen molar-refractivity contribution in [3.8, 4) is 5.75 Å². The number of aliphatic carboxylic acids is 1. The molecule has 112 valence electrons. The normalized spacial score (nSPS) is 14.1. The molecule has 1 aromatic carbocycles. The molecule has 0 spiro atoms. The van der Waals surface area contributed by atoms with Crippen molar-refractivity contribution in [3.63, 3.8) is 0 Å². The van der Waals surface area contributed by atoms with E-state index in [-0.39, 0.29) is 5.75 Å². The minimum Gasteiger partial charge on any atom is -0.496 e. The van der Waals surface area contributed by atoms with Crippen LogP contribution in [-0.2, 0) is 20.7 Å². The quantitative estimate of drug-likeness (QED) is 0.810. The lowest BCUT2D eigenvalue weighted by molar-refractivity contribution is -0.138. The molecule has 0 heterocycles. The number of benzene rings is 1. The number of thioether (sulfide) groups is 1. The van der Waals surface area contributed by atoms with E-state index in [0.717, 1.165) is 28.5 Å². The standard InChI is InChI=1S/C15H16O5S/c1-19-11-5-3-4-9-6-7-10(13(9)11)14(15(18)20-2)21-8-12(16)17/h3-5,7,14H,6,8H2,1-2H3,(H,16,17). The number of methoxy groups -OCH3 is 2. The average molecular weight is 308 g/mol. The molecule has 1 N–H and O–H groups in total. The minimum absolute atomic E-state index is 0.165. The molecule has 1 aliphatic rings. The molecule has 21 heavy (non-hydrogen) atoms. The van der Waals surface area contributed by atoms with Crippen molar-refractivity contribution >= 4 is 29.3 Å². The van der Waals surface area contributed by atoms with Crippen molar-refractivity contribution in [1.82, 2.24) is 0 Å². The summed E-state index contributed by atoms with van der Waals surface area (Å²) in [6.07, 6.45) is 2.63. The van der Waals surface area contributed by atoms with Gasteiger partial charge < -0.3 is 14.6 Å². The molecule has 0 fully saturated rings. The predicted octanol–water partition coefficient (Wildman–Crippen LogP) is 1.99. The van der Waals surface area contributed by atoms with Gasteiger partial charge in [-0.1, -0.05) is 18.2 Å². The number of carboxylic acid groups (broad SMARTS) is 1. The first-order valence-corrected chi connectivity index (χ1v) is 7.41. The maximum absolute atomic E-state index is 12.0. The highest BCUT2D eigenvalue weighted by Crippen LogP contribution is 2.40. The highest BCUT2D eigenvalue weighted by molar-refractivity contribution is 8.01. The lowest BCUT2D eigenvalue weighted by Gasteiger charge is -2.18. The molecule has 1 aliphatic carbocycles. The summed E-state index contributed by atoms with van der Waals surface area (Å²) < 4.78 is 10.2. The zero-order chi connectivity index (χ0) is 15.4. The molecule has 0 saturated carbocycles. The van der Waals surface area contributed by atoms with Crippen LogP contribution < -0.4 is 4.74 Å². The topological polar surface area (TPSA) is 72.8 Å². The maximum atomic E-state index is 12.0. The molecule has 0 aliphatic heterocycles. The van der Waals surface area contributed by atoms with Gasteiger partial charge in [0, 0.05) is 5.56 Å². The lowest BCUT2D eigenvalue weighted by atomic mass is 10.0.